The van der Waals surface area contributed by atoms with E-state index in [1.54, 1.807) is 0 Å². The van der Waals surface area contributed by atoms with E-state index in [9.17, 15) is 5.11 Å². The van der Waals surface area contributed by atoms with Crippen LogP contribution in [0, 0.1) is 13.8 Å². The number of nitrogens with one attached hydrogen (secondary N) is 1. The summed E-state index contributed by atoms with van der Waals surface area (Å²) in [6.45, 7) is 4.14. The molecule has 0 bridgehead atoms. The SMILES string of the molecule is Cc1cccc(C)c1C(O)C1CCc2ccccc2N1. The van der Waals surface area contributed by atoms with Crippen LogP contribution >= 0.6 is 0 Å². The van der Waals surface area contributed by atoms with E-state index in [0.717, 1.165) is 35.2 Å². The van der Waals surface area contributed by atoms with E-state index >= 15 is 0 Å². The molecule has 2 N–H and O–H groups in total. The van der Waals surface area contributed by atoms with Crippen LogP contribution in [0.4, 0.5) is 5.69 Å². The van der Waals surface area contributed by atoms with Gasteiger partial charge in [-0.05, 0) is 55.0 Å². The number of para-hydroxylation sites is 1. The molecule has 2 aromatic carbocycles. The zero-order chi connectivity index (χ0) is 14.1. The molecule has 2 heteroatoms. The highest BCUT2D eigenvalue weighted by Gasteiger charge is 2.26. The van der Waals surface area contributed by atoms with Crippen molar-refractivity contribution in [3.05, 3.63) is 64.7 Å². The van der Waals surface area contributed by atoms with Gasteiger partial charge in [-0.2, -0.15) is 0 Å². The summed E-state index contributed by atoms with van der Waals surface area (Å²) in [5.74, 6) is 0. The molecule has 3 rings (SSSR count). The minimum Gasteiger partial charge on any atom is -0.386 e. The lowest BCUT2D eigenvalue weighted by Gasteiger charge is -2.32. The third-order valence-electron chi connectivity index (χ3n) is 4.30. The van der Waals surface area contributed by atoms with Gasteiger partial charge in [0.2, 0.25) is 0 Å². The summed E-state index contributed by atoms with van der Waals surface area (Å²) in [7, 11) is 0. The van der Waals surface area contributed by atoms with Gasteiger partial charge in [0.15, 0.2) is 0 Å². The molecule has 2 nitrogen and oxygen atoms in total. The molecule has 0 radical (unpaired) electrons. The van der Waals surface area contributed by atoms with Crippen LogP contribution in [-0.2, 0) is 6.42 Å². The van der Waals surface area contributed by atoms with Gasteiger partial charge in [-0.1, -0.05) is 36.4 Å². The van der Waals surface area contributed by atoms with E-state index in [2.05, 4.69) is 49.5 Å². The van der Waals surface area contributed by atoms with E-state index in [4.69, 9.17) is 0 Å². The Morgan fingerprint density at radius 3 is 2.50 bits per heavy atom. The molecule has 2 aromatic rings. The predicted molar refractivity (Wildman–Crippen MR) is 83.0 cm³/mol. The molecule has 104 valence electrons. The van der Waals surface area contributed by atoms with Gasteiger partial charge in [0.25, 0.3) is 0 Å². The van der Waals surface area contributed by atoms with Crippen LogP contribution in [0.5, 0.6) is 0 Å². The lowest BCUT2D eigenvalue weighted by Crippen LogP contribution is -2.32. The predicted octanol–water partition coefficient (Wildman–Crippen LogP) is 3.76. The molecular weight excluding hydrogens is 246 g/mol. The molecular formula is C18H21NO. The fourth-order valence-electron chi connectivity index (χ4n) is 3.19. The van der Waals surface area contributed by atoms with E-state index < -0.39 is 6.10 Å². The van der Waals surface area contributed by atoms with Crippen LogP contribution in [0.3, 0.4) is 0 Å². The number of hydrogen-bond donors (Lipinski definition) is 2. The van der Waals surface area contributed by atoms with Crippen LogP contribution in [0.1, 0.15) is 34.8 Å². The number of anilines is 1. The number of rotatable bonds is 2. The van der Waals surface area contributed by atoms with Crippen molar-refractivity contribution >= 4 is 5.69 Å². The fourth-order valence-corrected chi connectivity index (χ4v) is 3.19. The van der Waals surface area contributed by atoms with Gasteiger partial charge >= 0.3 is 0 Å². The summed E-state index contributed by atoms with van der Waals surface area (Å²) in [6.07, 6.45) is 1.53. The summed E-state index contributed by atoms with van der Waals surface area (Å²) in [5.41, 5.74) is 5.91. The normalized spacial score (nSPS) is 19.1. The standard InChI is InChI=1S/C18H21NO/c1-12-6-5-7-13(2)17(12)18(20)16-11-10-14-8-3-4-9-15(14)19-16/h3-9,16,18-20H,10-11H2,1-2H3. The number of aliphatic hydroxyl groups excluding tert-OH is 1. The third kappa shape index (κ3) is 2.32. The number of aryl methyl sites for hydroxylation is 3. The Labute approximate surface area is 120 Å². The van der Waals surface area contributed by atoms with Crippen LogP contribution in [0.2, 0.25) is 0 Å². The number of hydrogen-bond acceptors (Lipinski definition) is 2. The van der Waals surface area contributed by atoms with Crippen LogP contribution < -0.4 is 5.32 Å². The minimum atomic E-state index is -0.454. The Hall–Kier alpha value is -1.80. The Morgan fingerprint density at radius 1 is 1.05 bits per heavy atom. The highest BCUT2D eigenvalue weighted by atomic mass is 16.3. The second-order valence-electron chi connectivity index (χ2n) is 5.70. The molecule has 1 aliphatic rings. The Morgan fingerprint density at radius 2 is 1.75 bits per heavy atom. The van der Waals surface area contributed by atoms with Crippen molar-refractivity contribution in [3.8, 4) is 0 Å². The molecule has 2 atom stereocenters. The molecule has 1 heterocycles. The molecule has 20 heavy (non-hydrogen) atoms. The summed E-state index contributed by atoms with van der Waals surface area (Å²) in [4.78, 5) is 0. The van der Waals surface area contributed by atoms with Crippen molar-refractivity contribution in [2.75, 3.05) is 5.32 Å². The number of fused-ring (bicyclic) bond motifs is 1. The largest absolute Gasteiger partial charge is 0.386 e. The van der Waals surface area contributed by atoms with Crippen molar-refractivity contribution in [3.63, 3.8) is 0 Å². The summed E-state index contributed by atoms with van der Waals surface area (Å²) in [6, 6.07) is 14.6. The van der Waals surface area contributed by atoms with Crippen molar-refractivity contribution in [1.82, 2.24) is 0 Å². The molecule has 0 spiro atoms. The quantitative estimate of drug-likeness (QED) is 0.868. The topological polar surface area (TPSA) is 32.3 Å². The maximum absolute atomic E-state index is 10.8. The van der Waals surface area contributed by atoms with Gasteiger partial charge in [-0.3, -0.25) is 0 Å². The molecule has 0 aliphatic carbocycles. The molecule has 0 fully saturated rings. The van der Waals surface area contributed by atoms with Gasteiger partial charge in [-0.25, -0.2) is 0 Å². The Kier molecular flexibility index (Phi) is 3.49. The average Bonchev–Trinajstić information content (AvgIpc) is 2.46. The lowest BCUT2D eigenvalue weighted by molar-refractivity contribution is 0.147. The van der Waals surface area contributed by atoms with Crippen molar-refractivity contribution in [1.29, 1.82) is 0 Å². The van der Waals surface area contributed by atoms with E-state index in [0.29, 0.717) is 0 Å². The van der Waals surface area contributed by atoms with Crippen molar-refractivity contribution in [2.24, 2.45) is 0 Å². The monoisotopic (exact) mass is 267 g/mol. The first-order chi connectivity index (χ1) is 9.66. The average molecular weight is 267 g/mol. The molecule has 0 saturated carbocycles. The van der Waals surface area contributed by atoms with Gasteiger partial charge < -0.3 is 10.4 Å². The minimum absolute atomic E-state index is 0.0877. The van der Waals surface area contributed by atoms with Crippen molar-refractivity contribution < 1.29 is 5.11 Å². The maximum Gasteiger partial charge on any atom is 0.0996 e. The fraction of sp³-hybridized carbons (Fsp3) is 0.333. The zero-order valence-electron chi connectivity index (χ0n) is 12.1. The number of aliphatic hydroxyl groups is 1. The molecule has 0 amide bonds. The first kappa shape index (κ1) is 13.2. The molecule has 0 saturated heterocycles. The van der Waals surface area contributed by atoms with Gasteiger partial charge in [0.05, 0.1) is 12.1 Å². The van der Waals surface area contributed by atoms with Gasteiger partial charge in [-0.15, -0.1) is 0 Å². The maximum atomic E-state index is 10.8. The highest BCUT2D eigenvalue weighted by Crippen LogP contribution is 2.32. The van der Waals surface area contributed by atoms with E-state index in [1.807, 2.05) is 12.1 Å². The molecule has 0 aromatic heterocycles. The second-order valence-corrected chi connectivity index (χ2v) is 5.70. The van der Waals surface area contributed by atoms with E-state index in [-0.39, 0.29) is 6.04 Å². The third-order valence-corrected chi connectivity index (χ3v) is 4.30. The molecule has 2 unspecified atom stereocenters. The van der Waals surface area contributed by atoms with Crippen LogP contribution in [0.25, 0.3) is 0 Å². The van der Waals surface area contributed by atoms with E-state index in [1.165, 1.54) is 5.56 Å². The summed E-state index contributed by atoms with van der Waals surface area (Å²) in [5, 5.41) is 14.3. The highest BCUT2D eigenvalue weighted by molar-refractivity contribution is 5.54. The van der Waals surface area contributed by atoms with Crippen LogP contribution in [0.15, 0.2) is 42.5 Å². The van der Waals surface area contributed by atoms with Crippen LogP contribution in [-0.4, -0.2) is 11.1 Å². The summed E-state index contributed by atoms with van der Waals surface area (Å²) >= 11 is 0. The van der Waals surface area contributed by atoms with Gasteiger partial charge in [0, 0.05) is 5.69 Å². The first-order valence-corrected chi connectivity index (χ1v) is 7.25. The van der Waals surface area contributed by atoms with Crippen molar-refractivity contribution in [2.45, 2.75) is 38.8 Å². The first-order valence-electron chi connectivity index (χ1n) is 7.25. The second kappa shape index (κ2) is 5.29. The number of benzene rings is 2. The zero-order valence-corrected chi connectivity index (χ0v) is 12.1. The molecule has 1 aliphatic heterocycles. The Balaban J connectivity index is 1.88. The Bertz CT molecular complexity index is 600. The lowest BCUT2D eigenvalue weighted by atomic mass is 9.88. The van der Waals surface area contributed by atoms with Gasteiger partial charge in [0.1, 0.15) is 0 Å². The summed E-state index contributed by atoms with van der Waals surface area (Å²) < 4.78 is 0. The smallest absolute Gasteiger partial charge is 0.0996 e.